The zero-order chi connectivity index (χ0) is 17.6. The van der Waals surface area contributed by atoms with Gasteiger partial charge in [0.05, 0.1) is 0 Å². The zero-order valence-electron chi connectivity index (χ0n) is 15.0. The molecule has 0 fully saturated rings. The molecule has 0 heterocycles. The molecule has 0 aliphatic heterocycles. The molecule has 0 aromatic heterocycles. The van der Waals surface area contributed by atoms with Crippen LogP contribution in [0.4, 0.5) is 11.4 Å². The molecule has 0 saturated carbocycles. The number of halogens is 2. The average Bonchev–Trinajstić information content (AvgIpc) is 3.43. The van der Waals surface area contributed by atoms with Crippen LogP contribution in [0.5, 0.6) is 0 Å². The van der Waals surface area contributed by atoms with Crippen molar-refractivity contribution in [3.63, 3.8) is 0 Å². The molecule has 2 aromatic carbocycles. The van der Waals surface area contributed by atoms with Crippen LogP contribution in [0.25, 0.3) is 0 Å². The van der Waals surface area contributed by atoms with Gasteiger partial charge in [0.15, 0.2) is 0 Å². The molecule has 2 aliphatic carbocycles. The Kier molecular flexibility index (Phi) is 16.1. The summed E-state index contributed by atoms with van der Waals surface area (Å²) in [6, 6.07) is 20.8. The van der Waals surface area contributed by atoms with Gasteiger partial charge in [0.1, 0.15) is 0 Å². The molecule has 1 nitrogen and oxygen atoms in total. The van der Waals surface area contributed by atoms with Crippen molar-refractivity contribution in [2.75, 3.05) is 4.81 Å². The van der Waals surface area contributed by atoms with Gasteiger partial charge in [-0.05, 0) is 0 Å². The Morgan fingerprint density at radius 3 is 1.33 bits per heavy atom. The van der Waals surface area contributed by atoms with E-state index in [9.17, 15) is 0 Å². The number of hydrogen-bond acceptors (Lipinski definition) is 1. The molecule has 0 atom stereocenters. The molecule has 0 amide bonds. The minimum atomic E-state index is 0. The molecule has 0 unspecified atom stereocenters. The van der Waals surface area contributed by atoms with E-state index >= 15 is 0 Å². The number of para-hydroxylation sites is 2. The third-order valence-corrected chi connectivity index (χ3v) is 4.00. The van der Waals surface area contributed by atoms with Crippen LogP contribution in [0.2, 0.25) is 0 Å². The van der Waals surface area contributed by atoms with Crippen molar-refractivity contribution in [3.05, 3.63) is 109 Å². The summed E-state index contributed by atoms with van der Waals surface area (Å²) in [4.78, 5) is 2.21. The van der Waals surface area contributed by atoms with Gasteiger partial charge < -0.3 is 0 Å². The summed E-state index contributed by atoms with van der Waals surface area (Å²) in [5.41, 5.74) is 2.42. The first-order chi connectivity index (χ1) is 12.4. The van der Waals surface area contributed by atoms with E-state index in [-0.39, 0.29) is 24.8 Å². The molecule has 0 radical (unpaired) electrons. The fraction of sp³-hybridized carbons (Fsp3) is 0.0909. The van der Waals surface area contributed by atoms with Gasteiger partial charge in [-0.3, -0.25) is 12.2 Å². The topological polar surface area (TPSA) is 3.24 Å². The van der Waals surface area contributed by atoms with Crippen molar-refractivity contribution in [1.82, 2.24) is 0 Å². The van der Waals surface area contributed by atoms with E-state index in [1.807, 2.05) is 36.4 Å². The van der Waals surface area contributed by atoms with Crippen LogP contribution in [0, 0.1) is 12.2 Å². The second-order valence-electron chi connectivity index (χ2n) is 5.18. The summed E-state index contributed by atoms with van der Waals surface area (Å²) >= 11 is 1.39. The normalized spacial score (nSPS) is 11.8. The Morgan fingerprint density at radius 2 is 1.11 bits per heavy atom. The Balaban J connectivity index is 0.000000465. The Hall–Kier alpha value is -1.27. The number of hydrogen-bond donors (Lipinski definition) is 0. The minimum absolute atomic E-state index is 0. The van der Waals surface area contributed by atoms with E-state index < -0.39 is 0 Å². The molecule has 5 heteroatoms. The van der Waals surface area contributed by atoms with Gasteiger partial charge in [-0.15, -0.1) is 37.7 Å². The monoisotopic (exact) mass is 471 g/mol. The van der Waals surface area contributed by atoms with Crippen molar-refractivity contribution < 1.29 is 24.0 Å². The average molecular weight is 473 g/mol. The fourth-order valence-electron chi connectivity index (χ4n) is 2.16. The van der Waals surface area contributed by atoms with Crippen LogP contribution >= 0.6 is 24.8 Å². The van der Waals surface area contributed by atoms with Crippen LogP contribution in [0.1, 0.15) is 12.8 Å². The Bertz CT molecular complexity index is 662. The SMILES string of the molecule is Cl.Cl.[C-]1=CC=CC1.[C-]1=CC=CC1.[Zr+2]=[B]N(c1ccccc1)c1ccccc1. The standard InChI is InChI=1S/C12H10BN.2C5H5.2ClH.Zr/c13-14(11-7-3-1-4-8-11)12-9-5-2-6-10-12;2*1-2-4-5-3-1;;;/h1-10H;2*1-3H,4H2;2*1H;/q;2*-1;;;+2. The predicted molar refractivity (Wildman–Crippen MR) is 118 cm³/mol. The first-order valence-electron chi connectivity index (χ1n) is 8.25. The molecule has 27 heavy (non-hydrogen) atoms. The molecule has 2 aromatic rings. The van der Waals surface area contributed by atoms with Gasteiger partial charge in [-0.25, -0.2) is 24.3 Å². The van der Waals surface area contributed by atoms with Crippen LogP contribution < -0.4 is 4.81 Å². The predicted octanol–water partition coefficient (Wildman–Crippen LogP) is 6.36. The molecule has 0 saturated heterocycles. The van der Waals surface area contributed by atoms with Crippen LogP contribution in [-0.2, 0) is 24.0 Å². The summed E-state index contributed by atoms with van der Waals surface area (Å²) in [5, 5.41) is 0. The molecule has 2 aliphatic rings. The van der Waals surface area contributed by atoms with Crippen molar-refractivity contribution in [1.29, 1.82) is 0 Å². The van der Waals surface area contributed by atoms with E-state index in [1.165, 1.54) is 35.4 Å². The summed E-state index contributed by atoms with van der Waals surface area (Å²) in [5.74, 6) is 0. The number of benzene rings is 2. The quantitative estimate of drug-likeness (QED) is 0.371. The molecule has 0 N–H and O–H groups in total. The van der Waals surface area contributed by atoms with Crippen LogP contribution in [-0.4, -0.2) is 4.51 Å². The molecule has 4 rings (SSSR count). The molecular formula is C22H22BCl2NZr. The summed E-state index contributed by atoms with van der Waals surface area (Å²) < 4.78 is 2.16. The second-order valence-corrected chi connectivity index (χ2v) is 5.81. The Labute approximate surface area is 190 Å². The zero-order valence-corrected chi connectivity index (χ0v) is 19.1. The van der Waals surface area contributed by atoms with Crippen molar-refractivity contribution in [2.45, 2.75) is 12.8 Å². The summed E-state index contributed by atoms with van der Waals surface area (Å²) in [6.45, 7) is 0. The van der Waals surface area contributed by atoms with E-state index in [0.717, 1.165) is 12.8 Å². The Morgan fingerprint density at radius 1 is 0.704 bits per heavy atom. The van der Waals surface area contributed by atoms with Gasteiger partial charge in [0.2, 0.25) is 0 Å². The second kappa shape index (κ2) is 16.9. The molecular weight excluding hydrogens is 451 g/mol. The molecule has 0 bridgehead atoms. The van der Waals surface area contributed by atoms with Crippen LogP contribution in [0.3, 0.4) is 0 Å². The molecule has 136 valence electrons. The molecule has 0 spiro atoms. The number of rotatable bonds is 3. The van der Waals surface area contributed by atoms with Crippen molar-refractivity contribution >= 4 is 40.7 Å². The van der Waals surface area contributed by atoms with Gasteiger partial charge >= 0.3 is 105 Å². The van der Waals surface area contributed by atoms with Gasteiger partial charge in [-0.1, -0.05) is 0 Å². The van der Waals surface area contributed by atoms with E-state index in [1.54, 1.807) is 0 Å². The van der Waals surface area contributed by atoms with E-state index in [4.69, 9.17) is 0 Å². The third-order valence-electron chi connectivity index (χ3n) is 3.37. The van der Waals surface area contributed by atoms with Crippen LogP contribution in [0.15, 0.2) is 97.1 Å². The van der Waals surface area contributed by atoms with Gasteiger partial charge in [0, 0.05) is 0 Å². The number of nitrogens with zero attached hydrogens (tertiary/aromatic N) is 1. The number of allylic oxidation sites excluding steroid dienone is 8. The third kappa shape index (κ3) is 10.6. The van der Waals surface area contributed by atoms with Crippen molar-refractivity contribution in [3.8, 4) is 0 Å². The maximum absolute atomic E-state index is 2.99. The van der Waals surface area contributed by atoms with Crippen molar-refractivity contribution in [2.24, 2.45) is 0 Å². The fourth-order valence-corrected chi connectivity index (χ4v) is 2.89. The van der Waals surface area contributed by atoms with E-state index in [0.29, 0.717) is 0 Å². The summed E-state index contributed by atoms with van der Waals surface area (Å²) in [6.07, 6.45) is 20.0. The maximum atomic E-state index is 2.99. The van der Waals surface area contributed by atoms with Gasteiger partial charge in [0.25, 0.3) is 0 Å². The first kappa shape index (κ1) is 25.7. The van der Waals surface area contributed by atoms with Gasteiger partial charge in [-0.2, -0.15) is 12.2 Å². The van der Waals surface area contributed by atoms with E-state index in [2.05, 4.69) is 82.2 Å². The first-order valence-corrected chi connectivity index (χ1v) is 9.67. The summed E-state index contributed by atoms with van der Waals surface area (Å²) in [7, 11) is 0. The number of anilines is 2.